The van der Waals surface area contributed by atoms with Crippen LogP contribution in [-0.2, 0) is 11.0 Å². The molecule has 8 heteroatoms. The molecular weight excluding hydrogens is 494 g/mol. The van der Waals surface area contributed by atoms with E-state index in [4.69, 9.17) is 0 Å². The minimum atomic E-state index is -4.36. The van der Waals surface area contributed by atoms with E-state index in [1.807, 2.05) is 35.1 Å². The summed E-state index contributed by atoms with van der Waals surface area (Å²) in [6.07, 6.45) is -1.67. The van der Waals surface area contributed by atoms with Crippen molar-refractivity contribution in [3.05, 3.63) is 56.9 Å². The van der Waals surface area contributed by atoms with Crippen LogP contribution >= 0.6 is 22.6 Å². The largest absolute Gasteiger partial charge is 0.416 e. The molecule has 154 valence electrons. The molecule has 1 unspecified atom stereocenters. The maximum Gasteiger partial charge on any atom is 0.416 e. The minimum absolute atomic E-state index is 0.00120. The second-order valence-corrected chi connectivity index (χ2v) is 8.78. The Labute approximate surface area is 181 Å². The Bertz CT molecular complexity index is 908. The van der Waals surface area contributed by atoms with Crippen molar-refractivity contribution >= 4 is 34.2 Å². The number of nitrogens with zero attached hydrogens (tertiary/aromatic N) is 3. The van der Waals surface area contributed by atoms with Crippen LogP contribution in [0.4, 0.5) is 18.9 Å². The third-order valence-corrected chi connectivity index (χ3v) is 6.39. The van der Waals surface area contributed by atoms with Crippen molar-refractivity contribution < 1.29 is 18.0 Å². The number of carbonyl (C=O) groups excluding carboxylic acids is 1. The normalized spacial score (nSPS) is 22.0. The van der Waals surface area contributed by atoms with E-state index in [2.05, 4.69) is 27.6 Å². The van der Waals surface area contributed by atoms with E-state index in [1.165, 1.54) is 12.1 Å². The SMILES string of the molecule is Cc1ccc(C(F)(F)F)cc1N1CCN(C(=O)C2C[C@H]2c2ccc(I)nc2)CC1. The predicted molar refractivity (Wildman–Crippen MR) is 113 cm³/mol. The van der Waals surface area contributed by atoms with Gasteiger partial charge in [-0.3, -0.25) is 9.78 Å². The first-order chi connectivity index (χ1) is 13.7. The van der Waals surface area contributed by atoms with E-state index in [1.54, 1.807) is 0 Å². The third-order valence-electron chi connectivity index (χ3n) is 5.75. The van der Waals surface area contributed by atoms with Crippen LogP contribution in [0, 0.1) is 16.5 Å². The lowest BCUT2D eigenvalue weighted by Crippen LogP contribution is -2.49. The van der Waals surface area contributed by atoms with E-state index in [9.17, 15) is 18.0 Å². The molecular formula is C21H21F3IN3O. The number of amides is 1. The summed E-state index contributed by atoms with van der Waals surface area (Å²) in [7, 11) is 0. The van der Waals surface area contributed by atoms with E-state index in [0.29, 0.717) is 31.9 Å². The number of hydrogen-bond acceptors (Lipinski definition) is 3. The van der Waals surface area contributed by atoms with Gasteiger partial charge in [-0.1, -0.05) is 12.1 Å². The lowest BCUT2D eigenvalue weighted by molar-refractivity contribution is -0.137. The molecule has 1 aliphatic carbocycles. The highest BCUT2D eigenvalue weighted by Crippen LogP contribution is 2.48. The second kappa shape index (κ2) is 7.77. The van der Waals surface area contributed by atoms with Crippen LogP contribution in [0.2, 0.25) is 0 Å². The molecule has 1 saturated carbocycles. The molecule has 2 heterocycles. The molecule has 2 aromatic rings. The van der Waals surface area contributed by atoms with Crippen molar-refractivity contribution in [1.82, 2.24) is 9.88 Å². The highest BCUT2D eigenvalue weighted by Gasteiger charge is 2.46. The number of carbonyl (C=O) groups is 1. The van der Waals surface area contributed by atoms with Crippen molar-refractivity contribution in [2.45, 2.75) is 25.4 Å². The van der Waals surface area contributed by atoms with Crippen molar-refractivity contribution in [3.63, 3.8) is 0 Å². The Morgan fingerprint density at radius 2 is 1.86 bits per heavy atom. The number of aryl methyl sites for hydroxylation is 1. The van der Waals surface area contributed by atoms with Crippen LogP contribution in [0.1, 0.15) is 29.0 Å². The van der Waals surface area contributed by atoms with Gasteiger partial charge in [0, 0.05) is 44.0 Å². The second-order valence-electron chi connectivity index (χ2n) is 7.67. The number of halogens is 4. The number of benzene rings is 1. The number of hydrogen-bond donors (Lipinski definition) is 0. The van der Waals surface area contributed by atoms with Crippen LogP contribution in [0.25, 0.3) is 0 Å². The number of anilines is 1. The van der Waals surface area contributed by atoms with Gasteiger partial charge in [0.25, 0.3) is 0 Å². The predicted octanol–water partition coefficient (Wildman–Crippen LogP) is 4.47. The van der Waals surface area contributed by atoms with Gasteiger partial charge in [0.1, 0.15) is 3.70 Å². The topological polar surface area (TPSA) is 36.4 Å². The summed E-state index contributed by atoms with van der Waals surface area (Å²) >= 11 is 2.16. The van der Waals surface area contributed by atoms with E-state index in [-0.39, 0.29) is 17.7 Å². The Balaban J connectivity index is 1.38. The monoisotopic (exact) mass is 515 g/mol. The zero-order valence-corrected chi connectivity index (χ0v) is 18.1. The molecule has 0 N–H and O–H groups in total. The molecule has 29 heavy (non-hydrogen) atoms. The highest BCUT2D eigenvalue weighted by molar-refractivity contribution is 14.1. The average molecular weight is 515 g/mol. The van der Waals surface area contributed by atoms with Crippen LogP contribution in [0.3, 0.4) is 0 Å². The molecule has 1 amide bonds. The van der Waals surface area contributed by atoms with Gasteiger partial charge >= 0.3 is 6.18 Å². The molecule has 1 aromatic heterocycles. The highest BCUT2D eigenvalue weighted by atomic mass is 127. The number of aromatic nitrogens is 1. The number of piperazine rings is 1. The van der Waals surface area contributed by atoms with Gasteiger partial charge in [-0.2, -0.15) is 13.2 Å². The summed E-state index contributed by atoms with van der Waals surface area (Å²) in [6, 6.07) is 7.82. The fourth-order valence-electron chi connectivity index (χ4n) is 3.97. The maximum atomic E-state index is 13.1. The standard InChI is InChI=1S/C21H21F3IN3O/c1-13-2-4-15(21(22,23)24)10-18(13)27-6-8-28(9-7-27)20(29)17-11-16(17)14-3-5-19(25)26-12-14/h2-5,10,12,16-17H,6-9,11H2,1H3/t16-,17?/m0/s1. The molecule has 1 aromatic carbocycles. The van der Waals surface area contributed by atoms with Gasteiger partial charge in [-0.15, -0.1) is 0 Å². The zero-order valence-electron chi connectivity index (χ0n) is 15.9. The first-order valence-electron chi connectivity index (χ1n) is 9.57. The fraction of sp³-hybridized carbons (Fsp3) is 0.429. The average Bonchev–Trinajstić information content (AvgIpc) is 3.48. The summed E-state index contributed by atoms with van der Waals surface area (Å²) in [6.45, 7) is 3.95. The van der Waals surface area contributed by atoms with Gasteiger partial charge in [0.2, 0.25) is 5.91 Å². The zero-order chi connectivity index (χ0) is 20.8. The van der Waals surface area contributed by atoms with Gasteiger partial charge in [-0.25, -0.2) is 0 Å². The van der Waals surface area contributed by atoms with Crippen LogP contribution in [0.5, 0.6) is 0 Å². The molecule has 4 nitrogen and oxygen atoms in total. The van der Waals surface area contributed by atoms with Crippen molar-refractivity contribution in [2.24, 2.45) is 5.92 Å². The quantitative estimate of drug-likeness (QED) is 0.448. The molecule has 2 atom stereocenters. The summed E-state index contributed by atoms with van der Waals surface area (Å²) in [5.74, 6) is 0.378. The fourth-order valence-corrected chi connectivity index (χ4v) is 4.29. The lowest BCUT2D eigenvalue weighted by Gasteiger charge is -2.37. The molecule has 0 radical (unpaired) electrons. The van der Waals surface area contributed by atoms with Crippen molar-refractivity contribution in [3.8, 4) is 0 Å². The van der Waals surface area contributed by atoms with E-state index >= 15 is 0 Å². The van der Waals surface area contributed by atoms with Gasteiger partial charge in [-0.05, 0) is 71.2 Å². The molecule has 2 fully saturated rings. The Morgan fingerprint density at radius 1 is 1.14 bits per heavy atom. The van der Waals surface area contributed by atoms with Gasteiger partial charge in [0.15, 0.2) is 0 Å². The molecule has 2 aliphatic rings. The molecule has 0 bridgehead atoms. The maximum absolute atomic E-state index is 13.1. The van der Waals surface area contributed by atoms with Crippen molar-refractivity contribution in [2.75, 3.05) is 31.1 Å². The Hall–Kier alpha value is -1.84. The first-order valence-corrected chi connectivity index (χ1v) is 10.6. The molecule has 1 saturated heterocycles. The Kier molecular flexibility index (Phi) is 5.48. The minimum Gasteiger partial charge on any atom is -0.368 e. The lowest BCUT2D eigenvalue weighted by atomic mass is 10.1. The first kappa shape index (κ1) is 20.4. The Morgan fingerprint density at radius 3 is 2.48 bits per heavy atom. The summed E-state index contributed by atoms with van der Waals surface area (Å²) in [4.78, 5) is 20.9. The van der Waals surface area contributed by atoms with Gasteiger partial charge in [0.05, 0.1) is 5.56 Å². The number of alkyl halides is 3. The number of rotatable bonds is 3. The van der Waals surface area contributed by atoms with Crippen molar-refractivity contribution in [1.29, 1.82) is 0 Å². The third kappa shape index (κ3) is 4.36. The van der Waals surface area contributed by atoms with Crippen LogP contribution in [0.15, 0.2) is 36.5 Å². The summed E-state index contributed by atoms with van der Waals surface area (Å²) in [5, 5.41) is 0. The smallest absolute Gasteiger partial charge is 0.368 e. The van der Waals surface area contributed by atoms with Crippen LogP contribution < -0.4 is 4.90 Å². The van der Waals surface area contributed by atoms with Crippen LogP contribution in [-0.4, -0.2) is 42.0 Å². The van der Waals surface area contributed by atoms with Gasteiger partial charge < -0.3 is 9.80 Å². The molecule has 4 rings (SSSR count). The summed E-state index contributed by atoms with van der Waals surface area (Å²) < 4.78 is 40.1. The molecule has 1 aliphatic heterocycles. The summed E-state index contributed by atoms with van der Waals surface area (Å²) in [5.41, 5.74) is 1.87. The van der Waals surface area contributed by atoms with E-state index in [0.717, 1.165) is 27.3 Å². The van der Waals surface area contributed by atoms with E-state index < -0.39 is 11.7 Å². The number of pyridine rings is 1. The molecule has 0 spiro atoms.